The zero-order chi connectivity index (χ0) is 5.98. The molecule has 0 amide bonds. The first-order valence-electron chi connectivity index (χ1n) is 2.43. The summed E-state index contributed by atoms with van der Waals surface area (Å²) in [5, 5.41) is 0. The molecule has 1 aromatic rings. The van der Waals surface area contributed by atoms with E-state index in [0.29, 0.717) is 0 Å². The van der Waals surface area contributed by atoms with Crippen LogP contribution in [0, 0.1) is 18.8 Å². The third-order valence-electron chi connectivity index (χ3n) is 0.922. The second-order valence-corrected chi connectivity index (χ2v) is 1.71. The number of rotatable bonds is 0. The summed E-state index contributed by atoms with van der Waals surface area (Å²) in [5.41, 5.74) is 0.932. The molecule has 0 saturated carbocycles. The van der Waals surface area contributed by atoms with E-state index in [4.69, 9.17) is 0 Å². The summed E-state index contributed by atoms with van der Waals surface area (Å²) in [6, 6.07) is 7.23. The zero-order valence-corrected chi connectivity index (χ0v) is 8.70. The second-order valence-electron chi connectivity index (χ2n) is 1.71. The van der Waals surface area contributed by atoms with Crippen molar-refractivity contribution in [3.63, 3.8) is 0 Å². The van der Waals surface area contributed by atoms with Gasteiger partial charge in [-0.3, -0.25) is 0 Å². The number of halogens is 2. The SMILES string of the molecule is Cc1cc[c-]c(F)c1.[Br-].[Mg+2]. The molecule has 10 heavy (non-hydrogen) atoms. The van der Waals surface area contributed by atoms with E-state index in [0.717, 1.165) is 5.56 Å². The van der Waals surface area contributed by atoms with Gasteiger partial charge in [0.2, 0.25) is 0 Å². The smallest absolute Gasteiger partial charge is 1.00 e. The van der Waals surface area contributed by atoms with Crippen molar-refractivity contribution in [2.45, 2.75) is 6.92 Å². The van der Waals surface area contributed by atoms with E-state index in [1.54, 1.807) is 6.07 Å². The number of hydrogen-bond donors (Lipinski definition) is 0. The van der Waals surface area contributed by atoms with Crippen LogP contribution < -0.4 is 17.0 Å². The van der Waals surface area contributed by atoms with Crippen molar-refractivity contribution in [1.29, 1.82) is 0 Å². The van der Waals surface area contributed by atoms with Gasteiger partial charge in [-0.25, -0.2) is 4.39 Å². The van der Waals surface area contributed by atoms with Crippen LogP contribution in [0.2, 0.25) is 0 Å². The maximum absolute atomic E-state index is 12.1. The summed E-state index contributed by atoms with van der Waals surface area (Å²) in [4.78, 5) is 0. The molecular weight excluding hydrogens is 207 g/mol. The minimum atomic E-state index is -0.287. The molecule has 1 rings (SSSR count). The molecule has 0 fully saturated rings. The van der Waals surface area contributed by atoms with Crippen molar-refractivity contribution < 1.29 is 21.4 Å². The molecule has 0 radical (unpaired) electrons. The molecule has 0 bridgehead atoms. The molecule has 0 unspecified atom stereocenters. The zero-order valence-electron chi connectivity index (χ0n) is 5.70. The Labute approximate surface area is 86.7 Å². The topological polar surface area (TPSA) is 0 Å². The molecule has 0 aliphatic rings. The van der Waals surface area contributed by atoms with E-state index < -0.39 is 0 Å². The Hall–Kier alpha value is 0.396. The van der Waals surface area contributed by atoms with Crippen LogP contribution in [0.3, 0.4) is 0 Å². The van der Waals surface area contributed by atoms with Crippen molar-refractivity contribution in [1.82, 2.24) is 0 Å². The van der Waals surface area contributed by atoms with Crippen LogP contribution in [0.1, 0.15) is 5.56 Å². The quantitative estimate of drug-likeness (QED) is 0.366. The Bertz CT molecular complexity index is 173. The fourth-order valence-corrected chi connectivity index (χ4v) is 0.542. The standard InChI is InChI=1S/C7H6F.BrH.Mg/c1-6-3-2-4-7(8)5-6;;/h2-3,5H,1H3;1H;/q-1;;+2/p-1. The van der Waals surface area contributed by atoms with E-state index in [-0.39, 0.29) is 45.9 Å². The predicted molar refractivity (Wildman–Crippen MR) is 35.7 cm³/mol. The maximum atomic E-state index is 12.1. The van der Waals surface area contributed by atoms with Crippen molar-refractivity contribution in [3.05, 3.63) is 35.6 Å². The fourth-order valence-electron chi connectivity index (χ4n) is 0.542. The van der Waals surface area contributed by atoms with Gasteiger partial charge in [0.05, 0.1) is 0 Å². The van der Waals surface area contributed by atoms with Gasteiger partial charge >= 0.3 is 23.1 Å². The van der Waals surface area contributed by atoms with Gasteiger partial charge in [-0.05, 0) is 0 Å². The van der Waals surface area contributed by atoms with Crippen molar-refractivity contribution >= 4 is 23.1 Å². The van der Waals surface area contributed by atoms with Gasteiger partial charge in [-0.2, -0.15) is 17.7 Å². The Kier molecular flexibility index (Phi) is 7.98. The normalized spacial score (nSPS) is 7.40. The average Bonchev–Trinajstić information content (AvgIpc) is 1.64. The Morgan fingerprint density at radius 1 is 1.50 bits per heavy atom. The summed E-state index contributed by atoms with van der Waals surface area (Å²) >= 11 is 0. The first-order chi connectivity index (χ1) is 3.79. The molecule has 50 valence electrons. The number of aryl methyl sites for hydroxylation is 1. The Balaban J connectivity index is 0. The molecule has 0 saturated heterocycles. The molecule has 0 N–H and O–H groups in total. The van der Waals surface area contributed by atoms with Crippen molar-refractivity contribution in [3.8, 4) is 0 Å². The van der Waals surface area contributed by atoms with Gasteiger partial charge in [0.15, 0.2) is 0 Å². The Morgan fingerprint density at radius 2 is 2.10 bits per heavy atom. The number of hydrogen-bond acceptors (Lipinski definition) is 0. The van der Waals surface area contributed by atoms with Crippen LogP contribution >= 0.6 is 0 Å². The van der Waals surface area contributed by atoms with E-state index in [9.17, 15) is 4.39 Å². The van der Waals surface area contributed by atoms with Gasteiger partial charge in [-0.1, -0.05) is 6.92 Å². The third-order valence-corrected chi connectivity index (χ3v) is 0.922. The fraction of sp³-hybridized carbons (Fsp3) is 0.143. The van der Waals surface area contributed by atoms with Crippen LogP contribution in [0.5, 0.6) is 0 Å². The molecule has 1 aromatic carbocycles. The van der Waals surface area contributed by atoms with Gasteiger partial charge in [0.25, 0.3) is 0 Å². The minimum Gasteiger partial charge on any atom is -1.00 e. The van der Waals surface area contributed by atoms with E-state index in [2.05, 4.69) is 6.07 Å². The summed E-state index contributed by atoms with van der Waals surface area (Å²) in [7, 11) is 0. The summed E-state index contributed by atoms with van der Waals surface area (Å²) in [6.07, 6.45) is 0. The molecule has 0 heterocycles. The van der Waals surface area contributed by atoms with Crippen LogP contribution in [0.15, 0.2) is 18.2 Å². The van der Waals surface area contributed by atoms with Gasteiger partial charge in [-0.15, -0.1) is 12.1 Å². The summed E-state index contributed by atoms with van der Waals surface area (Å²) < 4.78 is 12.1. The molecule has 0 nitrogen and oxygen atoms in total. The van der Waals surface area contributed by atoms with Crippen molar-refractivity contribution in [2.24, 2.45) is 0 Å². The van der Waals surface area contributed by atoms with Crippen LogP contribution in [0.4, 0.5) is 4.39 Å². The maximum Gasteiger partial charge on any atom is 2.00 e. The first kappa shape index (κ1) is 13.0. The van der Waals surface area contributed by atoms with Crippen LogP contribution in [0.25, 0.3) is 0 Å². The molecule has 0 aromatic heterocycles. The minimum absolute atomic E-state index is 0. The second kappa shape index (κ2) is 6.13. The van der Waals surface area contributed by atoms with Crippen LogP contribution in [-0.2, 0) is 0 Å². The molecular formula is C7H6BrFMg. The third kappa shape index (κ3) is 4.25. The van der Waals surface area contributed by atoms with Gasteiger partial charge < -0.3 is 17.0 Å². The van der Waals surface area contributed by atoms with E-state index in [1.165, 1.54) is 6.07 Å². The van der Waals surface area contributed by atoms with Gasteiger partial charge in [0, 0.05) is 5.82 Å². The molecule has 0 aliphatic carbocycles. The molecule has 3 heteroatoms. The molecule has 0 atom stereocenters. The van der Waals surface area contributed by atoms with Crippen LogP contribution in [-0.4, -0.2) is 23.1 Å². The first-order valence-corrected chi connectivity index (χ1v) is 2.43. The molecule has 0 spiro atoms. The van der Waals surface area contributed by atoms with Gasteiger partial charge in [0.1, 0.15) is 0 Å². The summed E-state index contributed by atoms with van der Waals surface area (Å²) in [6.45, 7) is 1.84. The largest absolute Gasteiger partial charge is 2.00 e. The Morgan fingerprint density at radius 3 is 2.40 bits per heavy atom. The predicted octanol–water partition coefficient (Wildman–Crippen LogP) is -1.44. The summed E-state index contributed by atoms with van der Waals surface area (Å²) in [5.74, 6) is -0.287. The van der Waals surface area contributed by atoms with Crippen molar-refractivity contribution in [2.75, 3.05) is 0 Å². The number of benzene rings is 1. The average molecular weight is 213 g/mol. The monoisotopic (exact) mass is 212 g/mol. The molecule has 0 aliphatic heterocycles. The van der Waals surface area contributed by atoms with E-state index in [1.807, 2.05) is 13.0 Å². The van der Waals surface area contributed by atoms with E-state index >= 15 is 0 Å².